The summed E-state index contributed by atoms with van der Waals surface area (Å²) in [5.74, 6) is 2.96. The highest BCUT2D eigenvalue weighted by molar-refractivity contribution is 6.64. The molecule has 0 amide bonds. The van der Waals surface area contributed by atoms with Crippen LogP contribution in [0.25, 0.3) is 0 Å². The first-order chi connectivity index (χ1) is 6.83. The molecule has 1 atom stereocenters. The lowest BCUT2D eigenvalue weighted by molar-refractivity contribution is 0.439. The quantitative estimate of drug-likeness (QED) is 0.442. The Kier molecular flexibility index (Phi) is 3.36. The molecule has 0 N–H and O–H groups in total. The maximum Gasteiger partial charge on any atom is 0.153 e. The van der Waals surface area contributed by atoms with Gasteiger partial charge in [0.2, 0.25) is 0 Å². The molecule has 0 radical (unpaired) electrons. The van der Waals surface area contributed by atoms with Crippen LogP contribution in [-0.2, 0) is 0 Å². The summed E-state index contributed by atoms with van der Waals surface area (Å²) >= 11 is 0. The third-order valence-electron chi connectivity index (χ3n) is 4.49. The van der Waals surface area contributed by atoms with Crippen LogP contribution in [0, 0.1) is 0 Å². The predicted octanol–water partition coefficient (Wildman–Crippen LogP) is 4.56. The van der Waals surface area contributed by atoms with E-state index in [-0.39, 0.29) is 0 Å². The largest absolute Gasteiger partial charge is 0.153 e. The molecule has 2 bridgehead atoms. The first-order valence-corrected chi connectivity index (χ1v) is 6.45. The highest BCUT2D eigenvalue weighted by Gasteiger charge is 2.40. The van der Waals surface area contributed by atoms with E-state index >= 15 is 0 Å². The second-order valence-electron chi connectivity index (χ2n) is 5.34. The van der Waals surface area contributed by atoms with Gasteiger partial charge in [0.15, 0.2) is 6.71 Å². The standard InChI is InChI=1S/C13H23B/c1-3-6-11(2)14-12-7-4-8-13(14)10-5-9-12/h3,6,11-13H,4-5,7-10H2,1-2H3/b6-3+. The molecule has 2 aliphatic heterocycles. The lowest BCUT2D eigenvalue weighted by atomic mass is 9.23. The van der Waals surface area contributed by atoms with E-state index in [0.29, 0.717) is 0 Å². The minimum absolute atomic E-state index is 0.829. The van der Waals surface area contributed by atoms with Crippen LogP contribution in [0.5, 0.6) is 0 Å². The zero-order valence-electron chi connectivity index (χ0n) is 9.71. The van der Waals surface area contributed by atoms with Crippen molar-refractivity contribution in [3.63, 3.8) is 0 Å². The van der Waals surface area contributed by atoms with Crippen LogP contribution in [0.15, 0.2) is 12.2 Å². The Morgan fingerprint density at radius 1 is 1.07 bits per heavy atom. The van der Waals surface area contributed by atoms with Crippen molar-refractivity contribution in [2.24, 2.45) is 0 Å². The van der Waals surface area contributed by atoms with Crippen LogP contribution < -0.4 is 0 Å². The van der Waals surface area contributed by atoms with E-state index in [0.717, 1.165) is 24.2 Å². The first kappa shape index (κ1) is 10.3. The summed E-state index contributed by atoms with van der Waals surface area (Å²) in [5.41, 5.74) is 0. The van der Waals surface area contributed by atoms with Crippen molar-refractivity contribution in [2.75, 3.05) is 0 Å². The molecule has 0 spiro atoms. The normalized spacial score (nSPS) is 34.9. The Morgan fingerprint density at radius 2 is 1.57 bits per heavy atom. The topological polar surface area (TPSA) is 0 Å². The third-order valence-corrected chi connectivity index (χ3v) is 4.49. The highest BCUT2D eigenvalue weighted by atomic mass is 14.3. The molecule has 1 heteroatoms. The zero-order chi connectivity index (χ0) is 9.97. The summed E-state index contributed by atoms with van der Waals surface area (Å²) in [7, 11) is 0. The van der Waals surface area contributed by atoms with Gasteiger partial charge in [0, 0.05) is 0 Å². The second kappa shape index (κ2) is 4.55. The molecule has 0 aromatic carbocycles. The summed E-state index contributed by atoms with van der Waals surface area (Å²) in [6, 6.07) is 0. The fourth-order valence-corrected chi connectivity index (χ4v) is 4.02. The van der Waals surface area contributed by atoms with Gasteiger partial charge in [-0.1, -0.05) is 69.2 Å². The molecule has 2 aliphatic rings. The van der Waals surface area contributed by atoms with Crippen molar-refractivity contribution >= 4 is 6.71 Å². The first-order valence-electron chi connectivity index (χ1n) is 6.45. The van der Waals surface area contributed by atoms with E-state index in [9.17, 15) is 0 Å². The molecular formula is C13H23B. The Morgan fingerprint density at radius 3 is 2.00 bits per heavy atom. The third kappa shape index (κ3) is 1.92. The Balaban J connectivity index is 2.07. The van der Waals surface area contributed by atoms with E-state index in [1.54, 1.807) is 0 Å². The van der Waals surface area contributed by atoms with E-state index in [4.69, 9.17) is 0 Å². The Hall–Kier alpha value is -0.195. The Bertz CT molecular complexity index is 187. The Labute approximate surface area is 89.2 Å². The van der Waals surface area contributed by atoms with E-state index < -0.39 is 0 Å². The van der Waals surface area contributed by atoms with Gasteiger partial charge >= 0.3 is 0 Å². The number of allylic oxidation sites excluding steroid dienone is 2. The zero-order valence-corrected chi connectivity index (χ0v) is 9.71. The van der Waals surface area contributed by atoms with E-state index in [2.05, 4.69) is 26.0 Å². The van der Waals surface area contributed by atoms with Crippen LogP contribution in [-0.4, -0.2) is 6.71 Å². The molecule has 14 heavy (non-hydrogen) atoms. The van der Waals surface area contributed by atoms with Gasteiger partial charge in [-0.3, -0.25) is 0 Å². The van der Waals surface area contributed by atoms with E-state index in [1.165, 1.54) is 38.5 Å². The molecule has 2 saturated heterocycles. The monoisotopic (exact) mass is 190 g/mol. The van der Waals surface area contributed by atoms with Gasteiger partial charge in [-0.05, 0) is 12.7 Å². The molecule has 2 rings (SSSR count). The SMILES string of the molecule is C/C=C/C(C)B1C2CCCC1CCC2. The molecular weight excluding hydrogens is 167 g/mol. The summed E-state index contributed by atoms with van der Waals surface area (Å²) in [5, 5.41) is 0. The summed E-state index contributed by atoms with van der Waals surface area (Å²) in [6.07, 6.45) is 13.8. The van der Waals surface area contributed by atoms with Crippen molar-refractivity contribution in [3.05, 3.63) is 12.2 Å². The lowest BCUT2D eigenvalue weighted by Gasteiger charge is -2.42. The maximum absolute atomic E-state index is 2.43. The summed E-state index contributed by atoms with van der Waals surface area (Å²) in [4.78, 5) is 0. The predicted molar refractivity (Wildman–Crippen MR) is 65.2 cm³/mol. The van der Waals surface area contributed by atoms with Crippen LogP contribution in [0.3, 0.4) is 0 Å². The van der Waals surface area contributed by atoms with Crippen LogP contribution >= 0.6 is 0 Å². The number of hydrogen-bond donors (Lipinski definition) is 0. The summed E-state index contributed by atoms with van der Waals surface area (Å²) in [6.45, 7) is 5.62. The highest BCUT2D eigenvalue weighted by Crippen LogP contribution is 2.50. The van der Waals surface area contributed by atoms with E-state index in [1.807, 2.05) is 0 Å². The van der Waals surface area contributed by atoms with Gasteiger partial charge in [-0.25, -0.2) is 0 Å². The summed E-state index contributed by atoms with van der Waals surface area (Å²) < 4.78 is 0. The average Bonchev–Trinajstić information content (AvgIpc) is 2.17. The van der Waals surface area contributed by atoms with Gasteiger partial charge in [-0.2, -0.15) is 0 Å². The smallest absolute Gasteiger partial charge is 0.0932 e. The second-order valence-corrected chi connectivity index (χ2v) is 5.34. The minimum atomic E-state index is 0.829. The van der Waals surface area contributed by atoms with Gasteiger partial charge < -0.3 is 0 Å². The van der Waals surface area contributed by atoms with Crippen LogP contribution in [0.2, 0.25) is 17.5 Å². The molecule has 1 unspecified atom stereocenters. The number of hydrogen-bond acceptors (Lipinski definition) is 0. The van der Waals surface area contributed by atoms with Crippen LogP contribution in [0.1, 0.15) is 52.4 Å². The molecule has 0 aromatic heterocycles. The van der Waals surface area contributed by atoms with Crippen molar-refractivity contribution < 1.29 is 0 Å². The van der Waals surface area contributed by atoms with Crippen molar-refractivity contribution in [1.29, 1.82) is 0 Å². The number of rotatable bonds is 2. The molecule has 0 aliphatic carbocycles. The van der Waals surface area contributed by atoms with Crippen molar-refractivity contribution in [2.45, 2.75) is 69.8 Å². The van der Waals surface area contributed by atoms with Gasteiger partial charge in [0.1, 0.15) is 0 Å². The fraction of sp³-hybridized carbons (Fsp3) is 0.846. The molecule has 0 nitrogen and oxygen atoms in total. The van der Waals surface area contributed by atoms with Crippen molar-refractivity contribution in [3.8, 4) is 0 Å². The molecule has 78 valence electrons. The van der Waals surface area contributed by atoms with Crippen LogP contribution in [0.4, 0.5) is 0 Å². The average molecular weight is 190 g/mol. The lowest BCUT2D eigenvalue weighted by Crippen LogP contribution is -2.37. The van der Waals surface area contributed by atoms with Crippen molar-refractivity contribution in [1.82, 2.24) is 0 Å². The molecule has 0 saturated carbocycles. The maximum atomic E-state index is 2.43. The fourth-order valence-electron chi connectivity index (χ4n) is 4.02. The van der Waals surface area contributed by atoms with Gasteiger partial charge in [0.25, 0.3) is 0 Å². The number of fused-ring (bicyclic) bond motifs is 2. The molecule has 0 aromatic rings. The molecule has 2 heterocycles. The van der Waals surface area contributed by atoms with Gasteiger partial charge in [0.05, 0.1) is 0 Å². The van der Waals surface area contributed by atoms with Gasteiger partial charge in [-0.15, -0.1) is 0 Å². The minimum Gasteiger partial charge on any atom is -0.0932 e. The molecule has 2 fully saturated rings.